The summed E-state index contributed by atoms with van der Waals surface area (Å²) in [4.78, 5) is 0. The van der Waals surface area contributed by atoms with Crippen LogP contribution >= 0.6 is 0 Å². The molecule has 2 rings (SSSR count). The van der Waals surface area contributed by atoms with Crippen molar-refractivity contribution in [2.24, 2.45) is 5.92 Å². The van der Waals surface area contributed by atoms with Gasteiger partial charge in [-0.25, -0.2) is 0 Å². The molecule has 1 saturated carbocycles. The molecule has 20 heavy (non-hydrogen) atoms. The third-order valence-electron chi connectivity index (χ3n) is 5.44. The maximum Gasteiger partial charge on any atom is 0.0844 e. The number of hydrogen-bond acceptors (Lipinski definition) is 1. The van der Waals surface area contributed by atoms with E-state index in [-0.39, 0.29) is 0 Å². The normalized spacial score (nSPS) is 24.7. The summed E-state index contributed by atoms with van der Waals surface area (Å²) in [5, 5.41) is 12.2. The molecule has 0 bridgehead atoms. The highest BCUT2D eigenvalue weighted by Crippen LogP contribution is 2.46. The third kappa shape index (κ3) is 3.01. The Morgan fingerprint density at radius 2 is 1.70 bits per heavy atom. The molecule has 2 heteroatoms. The number of aliphatic hydroxyl groups is 1. The Kier molecular flexibility index (Phi) is 4.46. The molecule has 1 nitrogen and oxygen atoms in total. The molecule has 1 N–H and O–H groups in total. The highest BCUT2D eigenvalue weighted by Gasteiger charge is 2.45. The van der Waals surface area contributed by atoms with Crippen LogP contribution in [0.4, 0.5) is 0 Å². The summed E-state index contributed by atoms with van der Waals surface area (Å²) in [5.74, 6) is 0.456. The fraction of sp³-hybridized carbons (Fsp3) is 0.667. The van der Waals surface area contributed by atoms with Gasteiger partial charge in [-0.2, -0.15) is 0 Å². The topological polar surface area (TPSA) is 20.2 Å². The van der Waals surface area contributed by atoms with Crippen molar-refractivity contribution in [1.82, 2.24) is 0 Å². The standard InChI is InChI=1S/C18H30OSi/c1-14-10-6-8-12-16(14)20(4,5)17-13-9-7-11-15(17)18(2,3)19/h6,8,10,12,15,17,19H,7,9,11,13H2,1-5H3/t15-,17-/m0/s1. The van der Waals surface area contributed by atoms with Crippen molar-refractivity contribution >= 4 is 13.3 Å². The van der Waals surface area contributed by atoms with Gasteiger partial charge >= 0.3 is 0 Å². The van der Waals surface area contributed by atoms with E-state index in [0.29, 0.717) is 11.5 Å². The Hall–Kier alpha value is -0.603. The SMILES string of the molecule is Cc1ccccc1[Si](C)(C)[C@H]1CCCC[C@@H]1C(C)(C)O. The highest BCUT2D eigenvalue weighted by atomic mass is 28.3. The van der Waals surface area contributed by atoms with Gasteiger partial charge in [0.1, 0.15) is 0 Å². The first-order valence-electron chi connectivity index (χ1n) is 8.03. The number of aryl methyl sites for hydroxylation is 1. The molecule has 0 aromatic heterocycles. The average molecular weight is 291 g/mol. The van der Waals surface area contributed by atoms with Crippen LogP contribution in [0.15, 0.2) is 24.3 Å². The average Bonchev–Trinajstić information content (AvgIpc) is 2.38. The highest BCUT2D eigenvalue weighted by molar-refractivity contribution is 6.91. The number of benzene rings is 1. The zero-order valence-corrected chi connectivity index (χ0v) is 14.7. The van der Waals surface area contributed by atoms with Crippen molar-refractivity contribution in [3.8, 4) is 0 Å². The van der Waals surface area contributed by atoms with Gasteiger partial charge in [0.2, 0.25) is 0 Å². The largest absolute Gasteiger partial charge is 0.390 e. The van der Waals surface area contributed by atoms with Crippen LogP contribution in [0.5, 0.6) is 0 Å². The van der Waals surface area contributed by atoms with Crippen molar-refractivity contribution in [3.05, 3.63) is 29.8 Å². The van der Waals surface area contributed by atoms with E-state index in [1.165, 1.54) is 31.2 Å². The van der Waals surface area contributed by atoms with Crippen LogP contribution in [0.1, 0.15) is 45.1 Å². The van der Waals surface area contributed by atoms with Gasteiger partial charge in [-0.1, -0.05) is 67.4 Å². The molecule has 1 aromatic rings. The summed E-state index contributed by atoms with van der Waals surface area (Å²) < 4.78 is 0. The van der Waals surface area contributed by atoms with Gasteiger partial charge in [-0.3, -0.25) is 0 Å². The molecule has 1 aromatic carbocycles. The van der Waals surface area contributed by atoms with Crippen molar-refractivity contribution < 1.29 is 5.11 Å². The van der Waals surface area contributed by atoms with Crippen molar-refractivity contribution in [1.29, 1.82) is 0 Å². The minimum Gasteiger partial charge on any atom is -0.390 e. The van der Waals surface area contributed by atoms with Crippen LogP contribution in [0.25, 0.3) is 0 Å². The van der Waals surface area contributed by atoms with E-state index < -0.39 is 13.7 Å². The number of hydrogen-bond donors (Lipinski definition) is 1. The van der Waals surface area contributed by atoms with Crippen molar-refractivity contribution in [3.63, 3.8) is 0 Å². The second-order valence-electron chi connectivity index (χ2n) is 7.69. The van der Waals surface area contributed by atoms with Gasteiger partial charge in [0.15, 0.2) is 0 Å². The molecular formula is C18H30OSi. The number of rotatable bonds is 3. The summed E-state index contributed by atoms with van der Waals surface area (Å²) in [6, 6.07) is 8.89. The van der Waals surface area contributed by atoms with Gasteiger partial charge in [0, 0.05) is 0 Å². The maximum atomic E-state index is 10.6. The summed E-state index contributed by atoms with van der Waals surface area (Å²) >= 11 is 0. The fourth-order valence-corrected chi connectivity index (χ4v) is 8.87. The molecule has 2 atom stereocenters. The molecule has 1 aliphatic rings. The maximum absolute atomic E-state index is 10.6. The fourth-order valence-electron chi connectivity index (χ4n) is 4.34. The van der Waals surface area contributed by atoms with Crippen molar-refractivity contribution in [2.45, 2.75) is 70.7 Å². The van der Waals surface area contributed by atoms with E-state index >= 15 is 0 Å². The summed E-state index contributed by atoms with van der Waals surface area (Å²) in [6.45, 7) is 11.3. The van der Waals surface area contributed by atoms with Gasteiger partial charge in [0.05, 0.1) is 13.7 Å². The zero-order chi connectivity index (χ0) is 15.0. The van der Waals surface area contributed by atoms with Crippen LogP contribution < -0.4 is 5.19 Å². The summed E-state index contributed by atoms with van der Waals surface area (Å²) in [5.41, 5.74) is 1.58. The molecule has 0 unspecified atom stereocenters. The predicted molar refractivity (Wildman–Crippen MR) is 90.3 cm³/mol. The molecule has 0 spiro atoms. The van der Waals surface area contributed by atoms with Gasteiger partial charge in [0.25, 0.3) is 0 Å². The second-order valence-corrected chi connectivity index (χ2v) is 12.4. The Labute approximate surface area is 125 Å². The molecule has 0 amide bonds. The summed E-state index contributed by atoms with van der Waals surface area (Å²) in [7, 11) is -1.56. The smallest absolute Gasteiger partial charge is 0.0844 e. The van der Waals surface area contributed by atoms with Crippen LogP contribution in [-0.2, 0) is 0 Å². The molecular weight excluding hydrogens is 260 g/mol. The van der Waals surface area contributed by atoms with Gasteiger partial charge in [-0.15, -0.1) is 0 Å². The Bertz CT molecular complexity index is 459. The molecule has 112 valence electrons. The molecule has 1 fully saturated rings. The van der Waals surface area contributed by atoms with E-state index in [4.69, 9.17) is 0 Å². The van der Waals surface area contributed by atoms with Crippen LogP contribution in [0, 0.1) is 12.8 Å². The van der Waals surface area contributed by atoms with E-state index in [2.05, 4.69) is 44.3 Å². The van der Waals surface area contributed by atoms with E-state index in [0.717, 1.165) is 0 Å². The van der Waals surface area contributed by atoms with E-state index in [1.54, 1.807) is 5.19 Å². The van der Waals surface area contributed by atoms with E-state index in [1.807, 2.05) is 13.8 Å². The molecule has 0 heterocycles. The first-order chi connectivity index (χ1) is 9.24. The minimum atomic E-state index is -1.56. The van der Waals surface area contributed by atoms with Crippen LogP contribution in [0.2, 0.25) is 18.6 Å². The second kappa shape index (κ2) is 5.65. The van der Waals surface area contributed by atoms with Crippen molar-refractivity contribution in [2.75, 3.05) is 0 Å². The third-order valence-corrected chi connectivity index (χ3v) is 9.93. The lowest BCUT2D eigenvalue weighted by Crippen LogP contribution is -2.53. The molecule has 0 aliphatic heterocycles. The minimum absolute atomic E-state index is 0.456. The lowest BCUT2D eigenvalue weighted by Gasteiger charge is -2.46. The Morgan fingerprint density at radius 1 is 1.10 bits per heavy atom. The van der Waals surface area contributed by atoms with E-state index in [9.17, 15) is 5.11 Å². The Balaban J connectivity index is 2.38. The van der Waals surface area contributed by atoms with Crippen LogP contribution in [0.3, 0.4) is 0 Å². The Morgan fingerprint density at radius 3 is 2.30 bits per heavy atom. The lowest BCUT2D eigenvalue weighted by molar-refractivity contribution is 0.0000396. The molecule has 0 saturated heterocycles. The molecule has 1 aliphatic carbocycles. The monoisotopic (exact) mass is 290 g/mol. The van der Waals surface area contributed by atoms with Gasteiger partial charge < -0.3 is 5.11 Å². The molecule has 0 radical (unpaired) electrons. The van der Waals surface area contributed by atoms with Gasteiger partial charge in [-0.05, 0) is 38.7 Å². The van der Waals surface area contributed by atoms with Crippen LogP contribution in [-0.4, -0.2) is 18.8 Å². The summed E-state index contributed by atoms with van der Waals surface area (Å²) in [6.07, 6.45) is 5.10. The first kappa shape index (κ1) is 15.8. The zero-order valence-electron chi connectivity index (χ0n) is 13.7. The first-order valence-corrected chi connectivity index (χ1v) is 11.1. The predicted octanol–water partition coefficient (Wildman–Crippen LogP) is 4.24. The lowest BCUT2D eigenvalue weighted by atomic mass is 9.78. The quantitative estimate of drug-likeness (QED) is 0.826.